The van der Waals surface area contributed by atoms with Crippen LogP contribution >= 0.6 is 0 Å². The van der Waals surface area contributed by atoms with Gasteiger partial charge in [0.25, 0.3) is 0 Å². The fourth-order valence-corrected chi connectivity index (χ4v) is 6.15. The van der Waals surface area contributed by atoms with Crippen LogP contribution in [0.4, 0.5) is 0 Å². The highest BCUT2D eigenvalue weighted by Gasteiger charge is 2.43. The lowest BCUT2D eigenvalue weighted by Crippen LogP contribution is -2.55. The van der Waals surface area contributed by atoms with Crippen molar-refractivity contribution in [2.45, 2.75) is 51.5 Å². The molecular formula is C28H32N2O. The van der Waals surface area contributed by atoms with E-state index in [-0.39, 0.29) is 11.7 Å². The Bertz CT molecular complexity index is 1090. The molecule has 0 amide bonds. The summed E-state index contributed by atoms with van der Waals surface area (Å²) in [5, 5.41) is 1.20. The van der Waals surface area contributed by atoms with Crippen LogP contribution in [0.15, 0.2) is 60.8 Å². The van der Waals surface area contributed by atoms with Gasteiger partial charge in [0.05, 0.1) is 5.52 Å². The molecule has 2 aromatic carbocycles. The second-order valence-corrected chi connectivity index (χ2v) is 9.48. The van der Waals surface area contributed by atoms with Gasteiger partial charge in [0.15, 0.2) is 5.78 Å². The topological polar surface area (TPSA) is 33.2 Å². The molecule has 0 saturated carbocycles. The summed E-state index contributed by atoms with van der Waals surface area (Å²) in [5.74, 6) is 2.07. The van der Waals surface area contributed by atoms with E-state index in [2.05, 4.69) is 41.1 Å². The monoisotopic (exact) mass is 412 g/mol. The highest BCUT2D eigenvalue weighted by Crippen LogP contribution is 2.45. The van der Waals surface area contributed by atoms with Crippen LogP contribution in [-0.4, -0.2) is 34.8 Å². The van der Waals surface area contributed by atoms with Crippen LogP contribution in [0.25, 0.3) is 10.9 Å². The average molecular weight is 413 g/mol. The molecule has 3 saturated heterocycles. The molecule has 3 nitrogen and oxygen atoms in total. The summed E-state index contributed by atoms with van der Waals surface area (Å²) in [6.07, 6.45) is 6.27. The molecule has 3 heteroatoms. The Labute approximate surface area is 185 Å². The van der Waals surface area contributed by atoms with Gasteiger partial charge in [-0.15, -0.1) is 0 Å². The van der Waals surface area contributed by atoms with Gasteiger partial charge in [-0.1, -0.05) is 55.8 Å². The Morgan fingerprint density at radius 3 is 2.71 bits per heavy atom. The first-order valence-corrected chi connectivity index (χ1v) is 11.8. The fourth-order valence-electron chi connectivity index (χ4n) is 6.15. The van der Waals surface area contributed by atoms with Gasteiger partial charge in [0.1, 0.15) is 0 Å². The SMILES string of the molecule is CC[C@H]1CN2CC[C@H]1C[C@H]2[C@H](CC(=O)c1ccccc1C)c1ccnc2ccccc12. The molecule has 3 fully saturated rings. The van der Waals surface area contributed by atoms with Crippen molar-refractivity contribution in [1.29, 1.82) is 0 Å². The minimum absolute atomic E-state index is 0.195. The number of fused-ring (bicyclic) bond motifs is 4. The molecule has 0 radical (unpaired) electrons. The molecule has 1 aromatic heterocycles. The predicted molar refractivity (Wildman–Crippen MR) is 126 cm³/mol. The number of carbonyl (C=O) groups excluding carboxylic acids is 1. The van der Waals surface area contributed by atoms with E-state index in [4.69, 9.17) is 0 Å². The van der Waals surface area contributed by atoms with E-state index >= 15 is 0 Å². The molecule has 2 bridgehead atoms. The van der Waals surface area contributed by atoms with Crippen LogP contribution in [0.3, 0.4) is 0 Å². The minimum Gasteiger partial charge on any atom is -0.299 e. The number of piperidine rings is 3. The van der Waals surface area contributed by atoms with Gasteiger partial charge in [-0.05, 0) is 61.4 Å². The van der Waals surface area contributed by atoms with E-state index in [1.165, 1.54) is 43.3 Å². The molecule has 0 N–H and O–H groups in total. The number of benzene rings is 2. The third kappa shape index (κ3) is 3.80. The maximum atomic E-state index is 13.5. The van der Waals surface area contributed by atoms with Crippen LogP contribution in [0.2, 0.25) is 0 Å². The number of hydrogen-bond donors (Lipinski definition) is 0. The van der Waals surface area contributed by atoms with Gasteiger partial charge >= 0.3 is 0 Å². The van der Waals surface area contributed by atoms with E-state index in [0.29, 0.717) is 12.5 Å². The summed E-state index contributed by atoms with van der Waals surface area (Å²) < 4.78 is 0. The van der Waals surface area contributed by atoms with Crippen LogP contribution in [0, 0.1) is 18.8 Å². The number of ketones is 1. The number of para-hydroxylation sites is 1. The zero-order chi connectivity index (χ0) is 21.4. The molecule has 1 unspecified atom stereocenters. The third-order valence-electron chi connectivity index (χ3n) is 7.86. The summed E-state index contributed by atoms with van der Waals surface area (Å²) in [5.41, 5.74) is 4.25. The zero-order valence-electron chi connectivity index (χ0n) is 18.6. The molecule has 5 atom stereocenters. The number of Topliss-reactive ketones (excluding diaryl/α,β-unsaturated/α-hetero) is 1. The van der Waals surface area contributed by atoms with Crippen molar-refractivity contribution in [3.63, 3.8) is 0 Å². The molecule has 31 heavy (non-hydrogen) atoms. The quantitative estimate of drug-likeness (QED) is 0.464. The second kappa shape index (κ2) is 8.55. The van der Waals surface area contributed by atoms with E-state index in [1.54, 1.807) is 0 Å². The van der Waals surface area contributed by atoms with E-state index in [9.17, 15) is 4.79 Å². The Morgan fingerprint density at radius 1 is 1.13 bits per heavy atom. The largest absolute Gasteiger partial charge is 0.299 e. The average Bonchev–Trinajstić information content (AvgIpc) is 2.82. The Kier molecular flexibility index (Phi) is 5.62. The Balaban J connectivity index is 1.55. The van der Waals surface area contributed by atoms with E-state index in [1.807, 2.05) is 43.5 Å². The van der Waals surface area contributed by atoms with Crippen molar-refractivity contribution in [2.75, 3.05) is 13.1 Å². The predicted octanol–water partition coefficient (Wildman–Crippen LogP) is 6.02. The van der Waals surface area contributed by atoms with Crippen molar-refractivity contribution in [2.24, 2.45) is 11.8 Å². The van der Waals surface area contributed by atoms with Gasteiger partial charge in [-0.3, -0.25) is 14.7 Å². The summed E-state index contributed by atoms with van der Waals surface area (Å²) in [4.78, 5) is 20.8. The van der Waals surface area contributed by atoms with Crippen molar-refractivity contribution in [3.8, 4) is 0 Å². The fraction of sp³-hybridized carbons (Fsp3) is 0.429. The second-order valence-electron chi connectivity index (χ2n) is 9.48. The summed E-state index contributed by atoms with van der Waals surface area (Å²) >= 11 is 0. The summed E-state index contributed by atoms with van der Waals surface area (Å²) in [7, 11) is 0. The lowest BCUT2D eigenvalue weighted by atomic mass is 9.69. The normalized spacial score (nSPS) is 26.1. The van der Waals surface area contributed by atoms with Gasteiger partial charge in [0.2, 0.25) is 0 Å². The smallest absolute Gasteiger partial charge is 0.163 e. The minimum atomic E-state index is 0.195. The first-order chi connectivity index (χ1) is 15.2. The molecule has 3 aromatic rings. The number of nitrogens with zero attached hydrogens (tertiary/aromatic N) is 2. The molecule has 3 aliphatic rings. The number of hydrogen-bond acceptors (Lipinski definition) is 3. The van der Waals surface area contributed by atoms with Crippen LogP contribution in [0.5, 0.6) is 0 Å². The van der Waals surface area contributed by atoms with E-state index in [0.717, 1.165) is 28.5 Å². The van der Waals surface area contributed by atoms with Gasteiger partial charge in [0, 0.05) is 42.1 Å². The molecule has 0 aliphatic carbocycles. The maximum absolute atomic E-state index is 13.5. The number of aryl methyl sites for hydroxylation is 1. The Morgan fingerprint density at radius 2 is 1.94 bits per heavy atom. The molecule has 3 aliphatic heterocycles. The van der Waals surface area contributed by atoms with Crippen molar-refractivity contribution in [1.82, 2.24) is 9.88 Å². The van der Waals surface area contributed by atoms with Gasteiger partial charge in [-0.25, -0.2) is 0 Å². The highest BCUT2D eigenvalue weighted by atomic mass is 16.1. The van der Waals surface area contributed by atoms with Crippen LogP contribution in [-0.2, 0) is 0 Å². The maximum Gasteiger partial charge on any atom is 0.163 e. The van der Waals surface area contributed by atoms with Gasteiger partial charge < -0.3 is 0 Å². The van der Waals surface area contributed by atoms with Crippen molar-refractivity contribution in [3.05, 3.63) is 77.5 Å². The first-order valence-electron chi connectivity index (χ1n) is 11.8. The number of carbonyl (C=O) groups is 1. The molecule has 160 valence electrons. The number of aromatic nitrogens is 1. The third-order valence-corrected chi connectivity index (χ3v) is 7.86. The number of rotatable bonds is 6. The van der Waals surface area contributed by atoms with Crippen molar-refractivity contribution >= 4 is 16.7 Å². The molecule has 0 spiro atoms. The highest BCUT2D eigenvalue weighted by molar-refractivity contribution is 5.98. The molecule has 6 rings (SSSR count). The van der Waals surface area contributed by atoms with E-state index < -0.39 is 0 Å². The lowest BCUT2D eigenvalue weighted by Gasteiger charge is -2.52. The lowest BCUT2D eigenvalue weighted by molar-refractivity contribution is -0.0117. The molecular weight excluding hydrogens is 380 g/mol. The van der Waals surface area contributed by atoms with Crippen LogP contribution in [0.1, 0.15) is 60.0 Å². The molecule has 4 heterocycles. The summed E-state index contributed by atoms with van der Waals surface area (Å²) in [6.45, 7) is 6.73. The first kappa shape index (κ1) is 20.4. The van der Waals surface area contributed by atoms with Gasteiger partial charge in [-0.2, -0.15) is 0 Å². The zero-order valence-corrected chi connectivity index (χ0v) is 18.6. The summed E-state index contributed by atoms with van der Waals surface area (Å²) in [6, 6.07) is 19.0. The standard InChI is InChI=1S/C28H32N2O/c1-3-20-18-30-15-13-21(20)16-27(30)25(17-28(31)22-9-5-4-8-19(22)2)23-12-14-29-26-11-7-6-10-24(23)26/h4-12,14,20-21,25,27H,3,13,15-18H2,1-2H3/t20-,21-,25+,27-/m0/s1. The Hall–Kier alpha value is -2.52. The van der Waals surface area contributed by atoms with Crippen LogP contribution < -0.4 is 0 Å². The van der Waals surface area contributed by atoms with Crippen molar-refractivity contribution < 1.29 is 4.79 Å². The number of pyridine rings is 1.